The fraction of sp³-hybridized carbons (Fsp3) is 0.316. The lowest BCUT2D eigenvalue weighted by molar-refractivity contribution is 0.0766. The van der Waals surface area contributed by atoms with E-state index in [1.165, 1.54) is 12.1 Å². The van der Waals surface area contributed by atoms with Crippen molar-refractivity contribution in [3.8, 4) is 5.75 Å². The maximum absolute atomic E-state index is 13.2. The number of hydrogen-bond acceptors (Lipinski definition) is 3. The molecule has 5 heteroatoms. The Morgan fingerprint density at radius 1 is 1.12 bits per heavy atom. The Kier molecular flexibility index (Phi) is 5.43. The van der Waals surface area contributed by atoms with E-state index >= 15 is 0 Å². The molecule has 2 aromatic carbocycles. The normalized spacial score (nSPS) is 15.0. The molecule has 24 heavy (non-hydrogen) atoms. The van der Waals surface area contributed by atoms with Crippen molar-refractivity contribution in [3.05, 3.63) is 65.5 Å². The molecule has 0 aliphatic carbocycles. The number of halogens is 1. The summed E-state index contributed by atoms with van der Waals surface area (Å²) in [6.45, 7) is 3.57. The quantitative estimate of drug-likeness (QED) is 0.938. The molecule has 1 fully saturated rings. The fourth-order valence-corrected chi connectivity index (χ4v) is 2.75. The van der Waals surface area contributed by atoms with Crippen LogP contribution in [-0.4, -0.2) is 37.0 Å². The SMILES string of the molecule is O=C(c1cccc(COc2cccc(F)c2)c1)N1CCCNCC1. The molecule has 0 bridgehead atoms. The van der Waals surface area contributed by atoms with Crippen LogP contribution >= 0.6 is 0 Å². The Balaban J connectivity index is 1.66. The smallest absolute Gasteiger partial charge is 0.253 e. The third kappa shape index (κ3) is 4.32. The van der Waals surface area contributed by atoms with Gasteiger partial charge in [-0.25, -0.2) is 4.39 Å². The standard InChI is InChI=1S/C19H21FN2O2/c20-17-6-2-7-18(13-17)24-14-15-4-1-5-16(12-15)19(23)22-10-3-8-21-9-11-22/h1-2,4-7,12-13,21H,3,8-11,14H2. The minimum absolute atomic E-state index is 0.0475. The molecule has 1 heterocycles. The molecular formula is C19H21FN2O2. The molecule has 1 N–H and O–H groups in total. The second-order valence-corrected chi connectivity index (χ2v) is 5.84. The molecule has 126 valence electrons. The summed E-state index contributed by atoms with van der Waals surface area (Å²) in [5, 5.41) is 3.29. The molecule has 1 aliphatic rings. The van der Waals surface area contributed by atoms with Gasteiger partial charge in [0.1, 0.15) is 18.2 Å². The van der Waals surface area contributed by atoms with Crippen LogP contribution in [0.1, 0.15) is 22.3 Å². The zero-order valence-corrected chi connectivity index (χ0v) is 13.5. The monoisotopic (exact) mass is 328 g/mol. The largest absolute Gasteiger partial charge is 0.489 e. The van der Waals surface area contributed by atoms with Crippen LogP contribution in [-0.2, 0) is 6.61 Å². The van der Waals surface area contributed by atoms with Gasteiger partial charge in [0.25, 0.3) is 5.91 Å². The van der Waals surface area contributed by atoms with Gasteiger partial charge in [-0.15, -0.1) is 0 Å². The summed E-state index contributed by atoms with van der Waals surface area (Å²) in [4.78, 5) is 14.5. The van der Waals surface area contributed by atoms with E-state index in [0.717, 1.165) is 38.2 Å². The van der Waals surface area contributed by atoms with E-state index in [9.17, 15) is 9.18 Å². The van der Waals surface area contributed by atoms with Crippen molar-refractivity contribution < 1.29 is 13.9 Å². The Morgan fingerprint density at radius 3 is 2.88 bits per heavy atom. The van der Waals surface area contributed by atoms with Gasteiger partial charge in [0, 0.05) is 31.3 Å². The van der Waals surface area contributed by atoms with Crippen molar-refractivity contribution in [2.45, 2.75) is 13.0 Å². The molecule has 3 rings (SSSR count). The highest BCUT2D eigenvalue weighted by Gasteiger charge is 2.17. The van der Waals surface area contributed by atoms with E-state index in [1.54, 1.807) is 12.1 Å². The summed E-state index contributed by atoms with van der Waals surface area (Å²) >= 11 is 0. The number of carbonyl (C=O) groups is 1. The zero-order chi connectivity index (χ0) is 16.8. The van der Waals surface area contributed by atoms with Gasteiger partial charge in [0.2, 0.25) is 0 Å². The van der Waals surface area contributed by atoms with Gasteiger partial charge in [0.05, 0.1) is 0 Å². The van der Waals surface area contributed by atoms with Crippen LogP contribution in [0.3, 0.4) is 0 Å². The van der Waals surface area contributed by atoms with Gasteiger partial charge >= 0.3 is 0 Å². The second kappa shape index (κ2) is 7.93. The first-order valence-corrected chi connectivity index (χ1v) is 8.20. The van der Waals surface area contributed by atoms with Gasteiger partial charge in [-0.3, -0.25) is 4.79 Å². The molecule has 0 atom stereocenters. The van der Waals surface area contributed by atoms with Crippen LogP contribution in [0.5, 0.6) is 5.75 Å². The van der Waals surface area contributed by atoms with Crippen LogP contribution in [0.25, 0.3) is 0 Å². The maximum atomic E-state index is 13.2. The van der Waals surface area contributed by atoms with E-state index in [4.69, 9.17) is 4.74 Å². The minimum Gasteiger partial charge on any atom is -0.489 e. The highest BCUT2D eigenvalue weighted by Crippen LogP contribution is 2.15. The van der Waals surface area contributed by atoms with Crippen LogP contribution in [0.15, 0.2) is 48.5 Å². The predicted octanol–water partition coefficient (Wildman–Crippen LogP) is 2.84. The predicted molar refractivity (Wildman–Crippen MR) is 90.6 cm³/mol. The second-order valence-electron chi connectivity index (χ2n) is 5.84. The summed E-state index contributed by atoms with van der Waals surface area (Å²) in [7, 11) is 0. The van der Waals surface area contributed by atoms with Crippen molar-refractivity contribution >= 4 is 5.91 Å². The van der Waals surface area contributed by atoms with Crippen molar-refractivity contribution in [2.24, 2.45) is 0 Å². The topological polar surface area (TPSA) is 41.6 Å². The first kappa shape index (κ1) is 16.5. The summed E-state index contributed by atoms with van der Waals surface area (Å²) < 4.78 is 18.8. The third-order valence-corrected chi connectivity index (χ3v) is 4.00. The molecule has 0 radical (unpaired) electrons. The van der Waals surface area contributed by atoms with Crippen LogP contribution in [0.4, 0.5) is 4.39 Å². The number of rotatable bonds is 4. The molecule has 2 aromatic rings. The minimum atomic E-state index is -0.328. The molecule has 0 aromatic heterocycles. The van der Waals surface area contributed by atoms with Gasteiger partial charge in [0.15, 0.2) is 0 Å². The Hall–Kier alpha value is -2.40. The highest BCUT2D eigenvalue weighted by molar-refractivity contribution is 5.94. The van der Waals surface area contributed by atoms with E-state index < -0.39 is 0 Å². The highest BCUT2D eigenvalue weighted by atomic mass is 19.1. The number of ether oxygens (including phenoxy) is 1. The maximum Gasteiger partial charge on any atom is 0.253 e. The van der Waals surface area contributed by atoms with Gasteiger partial charge < -0.3 is 15.0 Å². The number of nitrogens with zero attached hydrogens (tertiary/aromatic N) is 1. The average Bonchev–Trinajstić information content (AvgIpc) is 2.89. The number of nitrogens with one attached hydrogen (secondary N) is 1. The summed E-state index contributed by atoms with van der Waals surface area (Å²) in [6.07, 6.45) is 0.966. The molecule has 0 spiro atoms. The summed E-state index contributed by atoms with van der Waals surface area (Å²) in [5.41, 5.74) is 1.55. The first-order valence-electron chi connectivity index (χ1n) is 8.20. The summed E-state index contributed by atoms with van der Waals surface area (Å²) in [5.74, 6) is 0.197. The lowest BCUT2D eigenvalue weighted by atomic mass is 10.1. The van der Waals surface area contributed by atoms with E-state index in [2.05, 4.69) is 5.32 Å². The van der Waals surface area contributed by atoms with Crippen molar-refractivity contribution in [1.82, 2.24) is 10.2 Å². The van der Waals surface area contributed by atoms with Crippen LogP contribution in [0.2, 0.25) is 0 Å². The number of carbonyl (C=O) groups excluding carboxylic acids is 1. The van der Waals surface area contributed by atoms with Crippen molar-refractivity contribution in [3.63, 3.8) is 0 Å². The molecule has 1 saturated heterocycles. The molecule has 1 aliphatic heterocycles. The average molecular weight is 328 g/mol. The number of benzene rings is 2. The number of amides is 1. The van der Waals surface area contributed by atoms with Crippen LogP contribution < -0.4 is 10.1 Å². The van der Waals surface area contributed by atoms with Gasteiger partial charge in [-0.2, -0.15) is 0 Å². The molecule has 4 nitrogen and oxygen atoms in total. The Labute approximate surface area is 141 Å². The van der Waals surface area contributed by atoms with Gasteiger partial charge in [-0.05, 0) is 42.8 Å². The van der Waals surface area contributed by atoms with Crippen molar-refractivity contribution in [1.29, 1.82) is 0 Å². The summed E-state index contributed by atoms with van der Waals surface area (Å²) in [6, 6.07) is 13.5. The van der Waals surface area contributed by atoms with E-state index in [-0.39, 0.29) is 11.7 Å². The molecule has 0 unspecified atom stereocenters. The van der Waals surface area contributed by atoms with E-state index in [0.29, 0.717) is 17.9 Å². The zero-order valence-electron chi connectivity index (χ0n) is 13.5. The third-order valence-electron chi connectivity index (χ3n) is 4.00. The van der Waals surface area contributed by atoms with E-state index in [1.807, 2.05) is 29.2 Å². The molecule has 0 saturated carbocycles. The van der Waals surface area contributed by atoms with Crippen LogP contribution in [0, 0.1) is 5.82 Å². The Bertz CT molecular complexity index is 697. The number of hydrogen-bond donors (Lipinski definition) is 1. The molecular weight excluding hydrogens is 307 g/mol. The van der Waals surface area contributed by atoms with Gasteiger partial charge in [-0.1, -0.05) is 18.2 Å². The fourth-order valence-electron chi connectivity index (χ4n) is 2.75. The molecule has 1 amide bonds. The van der Waals surface area contributed by atoms with Crippen molar-refractivity contribution in [2.75, 3.05) is 26.2 Å². The Morgan fingerprint density at radius 2 is 2.00 bits per heavy atom. The first-order chi connectivity index (χ1) is 11.7. The lowest BCUT2D eigenvalue weighted by Gasteiger charge is -2.20. The lowest BCUT2D eigenvalue weighted by Crippen LogP contribution is -2.34.